The number of alkyl halides is 1. The summed E-state index contributed by atoms with van der Waals surface area (Å²) in [5.41, 5.74) is 0. The molecule has 0 aliphatic heterocycles. The first-order chi connectivity index (χ1) is 6.83. The fourth-order valence-corrected chi connectivity index (χ4v) is 1.06. The smallest absolute Gasteiger partial charge is 0.119 e. The highest BCUT2D eigenvalue weighted by atomic mass is 35.5. The van der Waals surface area contributed by atoms with Crippen LogP contribution in [-0.4, -0.2) is 25.2 Å². The van der Waals surface area contributed by atoms with Gasteiger partial charge in [0.2, 0.25) is 0 Å². The van der Waals surface area contributed by atoms with Crippen LogP contribution in [0.5, 0.6) is 5.75 Å². The monoisotopic (exact) mass is 214 g/mol. The zero-order valence-electron chi connectivity index (χ0n) is 8.28. The fourth-order valence-electron chi connectivity index (χ4n) is 0.970. The quantitative estimate of drug-likeness (QED) is 0.536. The van der Waals surface area contributed by atoms with E-state index in [-0.39, 0.29) is 6.10 Å². The summed E-state index contributed by atoms with van der Waals surface area (Å²) in [6.07, 6.45) is 0.0936. The maximum Gasteiger partial charge on any atom is 0.119 e. The standard InChI is InChI=1S/C11H15ClO2/c1-10(9-12)13-7-8-14-11-5-3-2-4-6-11/h2-6,10H,7-9H2,1H3. The molecule has 0 aromatic heterocycles. The van der Waals surface area contributed by atoms with Crippen molar-refractivity contribution in [2.75, 3.05) is 19.1 Å². The number of para-hydroxylation sites is 1. The zero-order valence-corrected chi connectivity index (χ0v) is 9.04. The van der Waals surface area contributed by atoms with Gasteiger partial charge in [0.25, 0.3) is 0 Å². The van der Waals surface area contributed by atoms with Gasteiger partial charge < -0.3 is 9.47 Å². The molecular weight excluding hydrogens is 200 g/mol. The van der Waals surface area contributed by atoms with Crippen molar-refractivity contribution >= 4 is 11.6 Å². The Morgan fingerprint density at radius 3 is 2.57 bits per heavy atom. The molecule has 1 atom stereocenters. The molecule has 1 unspecified atom stereocenters. The summed E-state index contributed by atoms with van der Waals surface area (Å²) >= 11 is 5.58. The average molecular weight is 215 g/mol. The Balaban J connectivity index is 2.10. The van der Waals surface area contributed by atoms with Crippen molar-refractivity contribution in [1.82, 2.24) is 0 Å². The Morgan fingerprint density at radius 1 is 1.21 bits per heavy atom. The van der Waals surface area contributed by atoms with Gasteiger partial charge in [0.05, 0.1) is 12.7 Å². The van der Waals surface area contributed by atoms with Gasteiger partial charge in [-0.25, -0.2) is 0 Å². The second-order valence-corrected chi connectivity index (χ2v) is 3.31. The van der Waals surface area contributed by atoms with E-state index in [9.17, 15) is 0 Å². The van der Waals surface area contributed by atoms with Gasteiger partial charge in [-0.1, -0.05) is 18.2 Å². The maximum absolute atomic E-state index is 5.58. The molecule has 0 fully saturated rings. The summed E-state index contributed by atoms with van der Waals surface area (Å²) in [5.74, 6) is 1.39. The third kappa shape index (κ3) is 4.49. The molecule has 1 aromatic carbocycles. The van der Waals surface area contributed by atoms with Crippen molar-refractivity contribution in [1.29, 1.82) is 0 Å². The first kappa shape index (κ1) is 11.3. The minimum Gasteiger partial charge on any atom is -0.491 e. The molecule has 0 saturated heterocycles. The molecule has 0 bridgehead atoms. The fraction of sp³-hybridized carbons (Fsp3) is 0.455. The Bertz CT molecular complexity index is 238. The van der Waals surface area contributed by atoms with Crippen LogP contribution in [0, 0.1) is 0 Å². The Labute approximate surface area is 89.8 Å². The molecule has 2 nitrogen and oxygen atoms in total. The molecule has 0 aliphatic carbocycles. The predicted octanol–water partition coefficient (Wildman–Crippen LogP) is 2.71. The van der Waals surface area contributed by atoms with Crippen molar-refractivity contribution in [3.8, 4) is 5.75 Å². The van der Waals surface area contributed by atoms with E-state index in [0.717, 1.165) is 5.75 Å². The summed E-state index contributed by atoms with van der Waals surface area (Å²) in [7, 11) is 0. The second kappa shape index (κ2) is 6.68. The van der Waals surface area contributed by atoms with E-state index < -0.39 is 0 Å². The van der Waals surface area contributed by atoms with Crippen LogP contribution in [0.2, 0.25) is 0 Å². The number of hydrogen-bond donors (Lipinski definition) is 0. The largest absolute Gasteiger partial charge is 0.491 e. The van der Waals surface area contributed by atoms with Gasteiger partial charge in [-0.3, -0.25) is 0 Å². The van der Waals surface area contributed by atoms with Gasteiger partial charge in [0.15, 0.2) is 0 Å². The van der Waals surface area contributed by atoms with Crippen LogP contribution in [0.4, 0.5) is 0 Å². The van der Waals surface area contributed by atoms with Gasteiger partial charge in [-0.15, -0.1) is 11.6 Å². The molecule has 0 aliphatic rings. The highest BCUT2D eigenvalue weighted by Crippen LogP contribution is 2.07. The third-order valence-corrected chi connectivity index (χ3v) is 2.15. The highest BCUT2D eigenvalue weighted by molar-refractivity contribution is 6.18. The van der Waals surface area contributed by atoms with Gasteiger partial charge in [0.1, 0.15) is 12.4 Å². The minimum absolute atomic E-state index is 0.0936. The van der Waals surface area contributed by atoms with E-state index in [1.807, 2.05) is 37.3 Å². The molecule has 1 rings (SSSR count). The first-order valence-corrected chi connectivity index (χ1v) is 5.22. The van der Waals surface area contributed by atoms with E-state index in [1.54, 1.807) is 0 Å². The van der Waals surface area contributed by atoms with Crippen LogP contribution < -0.4 is 4.74 Å². The van der Waals surface area contributed by atoms with Crippen LogP contribution in [-0.2, 0) is 4.74 Å². The lowest BCUT2D eigenvalue weighted by Crippen LogP contribution is -2.15. The van der Waals surface area contributed by atoms with E-state index in [2.05, 4.69) is 0 Å². The topological polar surface area (TPSA) is 18.5 Å². The molecule has 0 radical (unpaired) electrons. The molecule has 0 N–H and O–H groups in total. The van der Waals surface area contributed by atoms with Crippen LogP contribution in [0.1, 0.15) is 6.92 Å². The van der Waals surface area contributed by atoms with Crippen LogP contribution in [0.25, 0.3) is 0 Å². The normalized spacial score (nSPS) is 12.4. The van der Waals surface area contributed by atoms with Gasteiger partial charge in [-0.05, 0) is 19.1 Å². The SMILES string of the molecule is CC(CCl)OCCOc1ccccc1. The van der Waals surface area contributed by atoms with Gasteiger partial charge >= 0.3 is 0 Å². The van der Waals surface area contributed by atoms with E-state index >= 15 is 0 Å². The summed E-state index contributed by atoms with van der Waals surface area (Å²) in [4.78, 5) is 0. The molecule has 14 heavy (non-hydrogen) atoms. The zero-order chi connectivity index (χ0) is 10.2. The number of rotatable bonds is 6. The number of hydrogen-bond acceptors (Lipinski definition) is 2. The van der Waals surface area contributed by atoms with Gasteiger partial charge in [-0.2, -0.15) is 0 Å². The van der Waals surface area contributed by atoms with Crippen molar-refractivity contribution < 1.29 is 9.47 Å². The lowest BCUT2D eigenvalue weighted by Gasteiger charge is -2.10. The Morgan fingerprint density at radius 2 is 1.93 bits per heavy atom. The molecule has 0 spiro atoms. The molecule has 0 saturated carbocycles. The third-order valence-electron chi connectivity index (χ3n) is 1.71. The van der Waals surface area contributed by atoms with E-state index in [0.29, 0.717) is 19.1 Å². The summed E-state index contributed by atoms with van der Waals surface area (Å²) in [5, 5.41) is 0. The number of ether oxygens (including phenoxy) is 2. The lowest BCUT2D eigenvalue weighted by atomic mass is 10.3. The van der Waals surface area contributed by atoms with Crippen molar-refractivity contribution in [2.45, 2.75) is 13.0 Å². The molecule has 78 valence electrons. The minimum atomic E-state index is 0.0936. The van der Waals surface area contributed by atoms with Crippen molar-refractivity contribution in [3.05, 3.63) is 30.3 Å². The predicted molar refractivity (Wildman–Crippen MR) is 58.1 cm³/mol. The van der Waals surface area contributed by atoms with E-state index in [4.69, 9.17) is 21.1 Å². The first-order valence-electron chi connectivity index (χ1n) is 4.68. The lowest BCUT2D eigenvalue weighted by molar-refractivity contribution is 0.0571. The van der Waals surface area contributed by atoms with E-state index in [1.165, 1.54) is 0 Å². The van der Waals surface area contributed by atoms with Crippen LogP contribution >= 0.6 is 11.6 Å². The molecule has 0 amide bonds. The molecule has 1 aromatic rings. The molecule has 0 heterocycles. The van der Waals surface area contributed by atoms with Crippen LogP contribution in [0.3, 0.4) is 0 Å². The highest BCUT2D eigenvalue weighted by Gasteiger charge is 1.98. The Kier molecular flexibility index (Phi) is 5.42. The maximum atomic E-state index is 5.58. The summed E-state index contributed by atoms with van der Waals surface area (Å²) in [6.45, 7) is 3.07. The number of halogens is 1. The Hall–Kier alpha value is -0.730. The molecular formula is C11H15ClO2. The summed E-state index contributed by atoms with van der Waals surface area (Å²) in [6, 6.07) is 9.68. The summed E-state index contributed by atoms with van der Waals surface area (Å²) < 4.78 is 10.8. The number of benzene rings is 1. The second-order valence-electron chi connectivity index (χ2n) is 3.00. The molecule has 3 heteroatoms. The van der Waals surface area contributed by atoms with Crippen molar-refractivity contribution in [3.63, 3.8) is 0 Å². The van der Waals surface area contributed by atoms with Crippen molar-refractivity contribution in [2.24, 2.45) is 0 Å². The van der Waals surface area contributed by atoms with Crippen LogP contribution in [0.15, 0.2) is 30.3 Å². The average Bonchev–Trinajstić information content (AvgIpc) is 2.25. The van der Waals surface area contributed by atoms with Gasteiger partial charge in [0, 0.05) is 5.88 Å².